The first-order valence-electron chi connectivity index (χ1n) is 12.8. The summed E-state index contributed by atoms with van der Waals surface area (Å²) < 4.78 is 12.4. The van der Waals surface area contributed by atoms with Gasteiger partial charge in [0.2, 0.25) is 5.91 Å². The molecular formula is C26H38N6O5. The second-order valence-corrected chi connectivity index (χ2v) is 10.1. The molecule has 11 heteroatoms. The van der Waals surface area contributed by atoms with Crippen LogP contribution in [0.25, 0.3) is 0 Å². The Balaban J connectivity index is 1.64. The molecule has 1 aliphatic heterocycles. The predicted octanol–water partition coefficient (Wildman–Crippen LogP) is 2.84. The Morgan fingerprint density at radius 3 is 2.38 bits per heavy atom. The molecule has 11 nitrogen and oxygen atoms in total. The van der Waals surface area contributed by atoms with Gasteiger partial charge in [-0.05, 0) is 32.8 Å². The SMILES string of the molecule is CCCCOC(=O)N1CCN(C(=O)C(Cc2cn(Cc3ccccc3)nn2)NC(=O)OC(C)(C)C)CC1. The molecule has 1 N–H and O–H groups in total. The molecule has 0 aliphatic carbocycles. The number of benzene rings is 1. The number of hydrogen-bond acceptors (Lipinski definition) is 7. The second kappa shape index (κ2) is 13.1. The van der Waals surface area contributed by atoms with Gasteiger partial charge < -0.3 is 24.6 Å². The monoisotopic (exact) mass is 514 g/mol. The van der Waals surface area contributed by atoms with Gasteiger partial charge in [-0.1, -0.05) is 48.9 Å². The van der Waals surface area contributed by atoms with Gasteiger partial charge in [-0.3, -0.25) is 4.79 Å². The summed E-state index contributed by atoms with van der Waals surface area (Å²) >= 11 is 0. The molecule has 0 bridgehead atoms. The van der Waals surface area contributed by atoms with E-state index in [2.05, 4.69) is 15.6 Å². The zero-order valence-electron chi connectivity index (χ0n) is 22.2. The Kier molecular flexibility index (Phi) is 9.87. The predicted molar refractivity (Wildman–Crippen MR) is 137 cm³/mol. The highest BCUT2D eigenvalue weighted by molar-refractivity contribution is 5.86. The van der Waals surface area contributed by atoms with E-state index in [1.807, 2.05) is 37.3 Å². The molecule has 3 rings (SSSR count). The third-order valence-electron chi connectivity index (χ3n) is 5.75. The van der Waals surface area contributed by atoms with Crippen molar-refractivity contribution in [3.05, 3.63) is 47.8 Å². The van der Waals surface area contributed by atoms with Crippen molar-refractivity contribution < 1.29 is 23.9 Å². The number of alkyl carbamates (subject to hydrolysis) is 1. The molecule has 0 spiro atoms. The van der Waals surface area contributed by atoms with Crippen LogP contribution in [0.2, 0.25) is 0 Å². The van der Waals surface area contributed by atoms with Crippen molar-refractivity contribution in [3.8, 4) is 0 Å². The topological polar surface area (TPSA) is 119 Å². The van der Waals surface area contributed by atoms with Gasteiger partial charge in [0.15, 0.2) is 0 Å². The number of carbonyl (C=O) groups excluding carboxylic acids is 3. The quantitative estimate of drug-likeness (QED) is 0.511. The molecule has 3 amide bonds. The van der Waals surface area contributed by atoms with E-state index in [1.165, 1.54) is 0 Å². The van der Waals surface area contributed by atoms with Gasteiger partial charge in [-0.25, -0.2) is 14.3 Å². The third kappa shape index (κ3) is 9.07. The molecule has 1 saturated heterocycles. The summed E-state index contributed by atoms with van der Waals surface area (Å²) in [4.78, 5) is 41.5. The van der Waals surface area contributed by atoms with Crippen molar-refractivity contribution in [1.29, 1.82) is 0 Å². The minimum Gasteiger partial charge on any atom is -0.449 e. The van der Waals surface area contributed by atoms with E-state index in [0.717, 1.165) is 18.4 Å². The van der Waals surface area contributed by atoms with Gasteiger partial charge >= 0.3 is 12.2 Å². The maximum Gasteiger partial charge on any atom is 0.409 e. The Hall–Kier alpha value is -3.63. The van der Waals surface area contributed by atoms with Crippen LogP contribution in [0.4, 0.5) is 9.59 Å². The number of piperazine rings is 1. The van der Waals surface area contributed by atoms with Crippen molar-refractivity contribution in [2.75, 3.05) is 32.8 Å². The van der Waals surface area contributed by atoms with Crippen molar-refractivity contribution >= 4 is 18.1 Å². The fourth-order valence-corrected chi connectivity index (χ4v) is 3.86. The lowest BCUT2D eigenvalue weighted by Crippen LogP contribution is -2.56. The average Bonchev–Trinajstić information content (AvgIpc) is 3.29. The molecule has 1 unspecified atom stereocenters. The summed E-state index contributed by atoms with van der Waals surface area (Å²) in [6.45, 7) is 9.66. The molecule has 0 radical (unpaired) electrons. The molecule has 37 heavy (non-hydrogen) atoms. The average molecular weight is 515 g/mol. The minimum atomic E-state index is -0.889. The summed E-state index contributed by atoms with van der Waals surface area (Å²) in [6, 6.07) is 8.96. The van der Waals surface area contributed by atoms with Gasteiger partial charge in [0.1, 0.15) is 11.6 Å². The molecule has 1 atom stereocenters. The second-order valence-electron chi connectivity index (χ2n) is 10.1. The van der Waals surface area contributed by atoms with Crippen molar-refractivity contribution in [2.45, 2.75) is 65.1 Å². The van der Waals surface area contributed by atoms with Crippen LogP contribution in [0.1, 0.15) is 51.8 Å². The lowest BCUT2D eigenvalue weighted by atomic mass is 10.1. The fraction of sp³-hybridized carbons (Fsp3) is 0.577. The lowest BCUT2D eigenvalue weighted by molar-refractivity contribution is -0.135. The van der Waals surface area contributed by atoms with Crippen molar-refractivity contribution in [3.63, 3.8) is 0 Å². The Morgan fingerprint density at radius 1 is 1.05 bits per heavy atom. The van der Waals surface area contributed by atoms with Crippen LogP contribution in [-0.2, 0) is 27.2 Å². The number of nitrogens with zero attached hydrogens (tertiary/aromatic N) is 5. The first-order valence-corrected chi connectivity index (χ1v) is 12.8. The van der Waals surface area contributed by atoms with Gasteiger partial charge in [0.05, 0.1) is 18.8 Å². The first kappa shape index (κ1) is 27.9. The number of carbonyl (C=O) groups is 3. The van der Waals surface area contributed by atoms with Crippen LogP contribution in [0, 0.1) is 0 Å². The van der Waals surface area contributed by atoms with Crippen molar-refractivity contribution in [1.82, 2.24) is 30.1 Å². The highest BCUT2D eigenvalue weighted by atomic mass is 16.6. The minimum absolute atomic E-state index is 0.159. The Bertz CT molecular complexity index is 1030. The molecule has 2 aromatic rings. The summed E-state index contributed by atoms with van der Waals surface area (Å²) in [5, 5.41) is 11.1. The van der Waals surface area contributed by atoms with E-state index in [4.69, 9.17) is 9.47 Å². The fourth-order valence-electron chi connectivity index (χ4n) is 3.86. The maximum absolute atomic E-state index is 13.5. The molecule has 1 fully saturated rings. The van der Waals surface area contributed by atoms with E-state index >= 15 is 0 Å². The number of aromatic nitrogens is 3. The highest BCUT2D eigenvalue weighted by Gasteiger charge is 2.32. The van der Waals surface area contributed by atoms with Crippen LogP contribution in [-0.4, -0.2) is 87.3 Å². The van der Waals surface area contributed by atoms with Crippen molar-refractivity contribution in [2.24, 2.45) is 0 Å². The number of hydrogen-bond donors (Lipinski definition) is 1. The molecule has 0 saturated carbocycles. The molecular weight excluding hydrogens is 476 g/mol. The van der Waals surface area contributed by atoms with Gasteiger partial charge in [-0.15, -0.1) is 5.10 Å². The molecule has 1 aromatic carbocycles. The van der Waals surface area contributed by atoms with Crippen LogP contribution < -0.4 is 5.32 Å². The number of nitrogens with one attached hydrogen (secondary N) is 1. The highest BCUT2D eigenvalue weighted by Crippen LogP contribution is 2.12. The zero-order valence-corrected chi connectivity index (χ0v) is 22.2. The van der Waals surface area contributed by atoms with Crippen LogP contribution in [0.5, 0.6) is 0 Å². The molecule has 1 aliphatic rings. The van der Waals surface area contributed by atoms with Crippen LogP contribution in [0.15, 0.2) is 36.5 Å². The van der Waals surface area contributed by atoms with E-state index in [0.29, 0.717) is 45.0 Å². The number of unbranched alkanes of at least 4 members (excludes halogenated alkanes) is 1. The molecule has 202 valence electrons. The normalized spacial score (nSPS) is 14.7. The largest absolute Gasteiger partial charge is 0.449 e. The molecule has 2 heterocycles. The van der Waals surface area contributed by atoms with Gasteiger partial charge in [0.25, 0.3) is 0 Å². The first-order chi connectivity index (χ1) is 17.6. The number of rotatable bonds is 9. The van der Waals surface area contributed by atoms with E-state index < -0.39 is 17.7 Å². The Morgan fingerprint density at radius 2 is 1.73 bits per heavy atom. The van der Waals surface area contributed by atoms with Gasteiger partial charge in [0, 0.05) is 38.8 Å². The standard InChI is InChI=1S/C26H38N6O5/c1-5-6-16-36-25(35)31-14-12-30(13-15-31)23(33)22(27-24(34)37-26(2,3)4)17-21-19-32(29-28-21)18-20-10-8-7-9-11-20/h7-11,19,22H,5-6,12-18H2,1-4H3,(H,27,34). The number of ether oxygens (including phenoxy) is 2. The number of amides is 3. The summed E-state index contributed by atoms with van der Waals surface area (Å²) in [5.74, 6) is -0.262. The van der Waals surface area contributed by atoms with E-state index in [1.54, 1.807) is 41.4 Å². The maximum atomic E-state index is 13.5. The summed E-state index contributed by atoms with van der Waals surface area (Å²) in [7, 11) is 0. The van der Waals surface area contributed by atoms with Gasteiger partial charge in [-0.2, -0.15) is 0 Å². The summed E-state index contributed by atoms with van der Waals surface area (Å²) in [6.07, 6.45) is 2.65. The van der Waals surface area contributed by atoms with E-state index in [-0.39, 0.29) is 18.4 Å². The third-order valence-corrected chi connectivity index (χ3v) is 5.75. The van der Waals surface area contributed by atoms with E-state index in [9.17, 15) is 14.4 Å². The Labute approximate surface area is 218 Å². The lowest BCUT2D eigenvalue weighted by Gasteiger charge is -2.36. The van der Waals surface area contributed by atoms with Crippen LogP contribution in [0.3, 0.4) is 0 Å². The zero-order chi connectivity index (χ0) is 26.8. The smallest absolute Gasteiger partial charge is 0.409 e. The summed E-state index contributed by atoms with van der Waals surface area (Å²) in [5.41, 5.74) is 0.938. The van der Waals surface area contributed by atoms with Crippen LogP contribution >= 0.6 is 0 Å². The molecule has 1 aromatic heterocycles.